The number of pyridine rings is 1. The molecule has 2 fully saturated rings. The van der Waals surface area contributed by atoms with Crippen molar-refractivity contribution >= 4 is 46.7 Å². The number of nitrogens with one attached hydrogen (secondary N) is 1. The normalized spacial score (nSPS) is 17.1. The molecule has 4 amide bonds. The Morgan fingerprint density at radius 3 is 2.36 bits per heavy atom. The summed E-state index contributed by atoms with van der Waals surface area (Å²) in [7, 11) is 0. The van der Waals surface area contributed by atoms with Crippen molar-refractivity contribution in [3.8, 4) is 5.75 Å². The number of ether oxygens (including phenoxy) is 2. The number of likely N-dealkylation sites (tertiary alicyclic amines) is 1. The molecule has 2 saturated heterocycles. The highest BCUT2D eigenvalue weighted by molar-refractivity contribution is 5.99. The van der Waals surface area contributed by atoms with Gasteiger partial charge in [0.15, 0.2) is 6.61 Å². The number of carboxylic acids is 2. The number of carboxylic acid groups (broad SMARTS) is 2. The lowest BCUT2D eigenvalue weighted by Crippen LogP contribution is -2.56. The topological polar surface area (TPSA) is 196 Å². The van der Waals surface area contributed by atoms with E-state index in [1.54, 1.807) is 19.1 Å². The summed E-state index contributed by atoms with van der Waals surface area (Å²) in [5.41, 5.74) is 1.14. The molecule has 2 aromatic rings. The fourth-order valence-electron chi connectivity index (χ4n) is 5.26. The second kappa shape index (κ2) is 14.7. The predicted octanol–water partition coefficient (Wildman–Crippen LogP) is 1.12. The van der Waals surface area contributed by atoms with Crippen molar-refractivity contribution in [2.24, 2.45) is 5.92 Å². The lowest BCUT2D eigenvalue weighted by Gasteiger charge is -2.35. The fourth-order valence-corrected chi connectivity index (χ4v) is 5.26. The van der Waals surface area contributed by atoms with Crippen LogP contribution in [0.2, 0.25) is 0 Å². The van der Waals surface area contributed by atoms with E-state index in [2.05, 4.69) is 10.3 Å². The molecule has 1 aromatic carbocycles. The van der Waals surface area contributed by atoms with Crippen molar-refractivity contribution in [2.45, 2.75) is 39.2 Å². The van der Waals surface area contributed by atoms with Crippen molar-refractivity contribution in [3.05, 3.63) is 35.5 Å². The van der Waals surface area contributed by atoms with E-state index in [1.165, 1.54) is 20.8 Å². The number of benzene rings is 1. The smallest absolute Gasteiger partial charge is 0.409 e. The Hall–Kier alpha value is -4.95. The number of aliphatic carboxylic acids is 2. The van der Waals surface area contributed by atoms with E-state index in [-0.39, 0.29) is 63.6 Å². The third kappa shape index (κ3) is 8.37. The van der Waals surface area contributed by atoms with Gasteiger partial charge in [0.2, 0.25) is 5.91 Å². The number of hydrogen-bond acceptors (Lipinski definition) is 9. The van der Waals surface area contributed by atoms with Gasteiger partial charge in [0, 0.05) is 57.1 Å². The Morgan fingerprint density at radius 2 is 1.71 bits per heavy atom. The van der Waals surface area contributed by atoms with Crippen molar-refractivity contribution in [1.82, 2.24) is 25.0 Å². The molecule has 3 heterocycles. The van der Waals surface area contributed by atoms with Crippen LogP contribution in [0.15, 0.2) is 24.3 Å². The summed E-state index contributed by atoms with van der Waals surface area (Å²) in [6.07, 6.45) is -0.677. The van der Waals surface area contributed by atoms with E-state index < -0.39 is 54.3 Å². The van der Waals surface area contributed by atoms with Crippen LogP contribution in [0.3, 0.4) is 0 Å². The van der Waals surface area contributed by atoms with Gasteiger partial charge in [-0.1, -0.05) is 6.07 Å². The zero-order valence-corrected chi connectivity index (χ0v) is 25.2. The maximum absolute atomic E-state index is 13.5. The SMILES string of the molecule is CCOC(=O)N1CCN(C(=O)C(CCC(=O)O)NC(=O)c2cc(OCC(=O)N3CCC(C(=O)O)C3)c3ccc(C)cc3n2)CC1. The Labute approximate surface area is 259 Å². The fraction of sp³-hybridized carbons (Fsp3) is 0.500. The molecule has 0 radical (unpaired) electrons. The summed E-state index contributed by atoms with van der Waals surface area (Å²) in [6, 6.07) is 5.46. The lowest BCUT2D eigenvalue weighted by atomic mass is 10.1. The van der Waals surface area contributed by atoms with E-state index in [4.69, 9.17) is 9.47 Å². The van der Waals surface area contributed by atoms with Crippen LogP contribution in [0.4, 0.5) is 4.79 Å². The minimum Gasteiger partial charge on any atom is -0.483 e. The van der Waals surface area contributed by atoms with Crippen LogP contribution in [0, 0.1) is 12.8 Å². The Balaban J connectivity index is 1.50. The predicted molar refractivity (Wildman–Crippen MR) is 158 cm³/mol. The molecule has 0 aliphatic carbocycles. The molecule has 0 bridgehead atoms. The quantitative estimate of drug-likeness (QED) is 0.323. The van der Waals surface area contributed by atoms with Gasteiger partial charge in [0.05, 0.1) is 18.0 Å². The number of carbonyl (C=O) groups excluding carboxylic acids is 4. The van der Waals surface area contributed by atoms with Crippen LogP contribution in [0.1, 0.15) is 42.2 Å². The summed E-state index contributed by atoms with van der Waals surface area (Å²) < 4.78 is 10.8. The summed E-state index contributed by atoms with van der Waals surface area (Å²) in [5.74, 6) is -4.17. The molecule has 15 heteroatoms. The van der Waals surface area contributed by atoms with Crippen LogP contribution in [-0.2, 0) is 23.9 Å². The third-order valence-electron chi connectivity index (χ3n) is 7.77. The van der Waals surface area contributed by atoms with E-state index in [0.29, 0.717) is 23.9 Å². The minimum atomic E-state index is -1.18. The van der Waals surface area contributed by atoms with Gasteiger partial charge in [-0.05, 0) is 44.4 Å². The second-order valence-corrected chi connectivity index (χ2v) is 10.9. The first-order valence-electron chi connectivity index (χ1n) is 14.7. The number of hydrogen-bond donors (Lipinski definition) is 3. The minimum absolute atomic E-state index is 0.0884. The summed E-state index contributed by atoms with van der Waals surface area (Å²) >= 11 is 0. The van der Waals surface area contributed by atoms with Gasteiger partial charge in [0.1, 0.15) is 17.5 Å². The Bertz CT molecular complexity index is 1470. The summed E-state index contributed by atoms with van der Waals surface area (Å²) in [6.45, 7) is 4.56. The second-order valence-electron chi connectivity index (χ2n) is 10.9. The first-order chi connectivity index (χ1) is 21.5. The molecule has 2 unspecified atom stereocenters. The number of nitrogens with zero attached hydrogens (tertiary/aromatic N) is 4. The molecular formula is C30H37N5O10. The third-order valence-corrected chi connectivity index (χ3v) is 7.77. The highest BCUT2D eigenvalue weighted by Crippen LogP contribution is 2.27. The van der Waals surface area contributed by atoms with Gasteiger partial charge in [-0.25, -0.2) is 9.78 Å². The number of aryl methyl sites for hydroxylation is 1. The molecule has 2 aliphatic rings. The number of rotatable bonds is 11. The molecule has 2 atom stereocenters. The highest BCUT2D eigenvalue weighted by Gasteiger charge is 2.33. The van der Waals surface area contributed by atoms with Crippen LogP contribution in [-0.4, -0.2) is 124 Å². The van der Waals surface area contributed by atoms with Crippen LogP contribution in [0.25, 0.3) is 10.9 Å². The average molecular weight is 628 g/mol. The standard InChI is InChI=1S/C30H37N5O10/c1-3-44-30(43)34-12-10-33(11-13-34)28(40)21(6-7-26(37)38)32-27(39)23-15-24(20-5-4-18(2)14-22(20)31-23)45-17-25(36)35-9-8-19(16-35)29(41)42/h4-5,14-15,19,21H,3,6-13,16-17H2,1-2H3,(H,32,39)(H,37,38)(H,41,42). The molecule has 0 spiro atoms. The highest BCUT2D eigenvalue weighted by atomic mass is 16.6. The van der Waals surface area contributed by atoms with Crippen LogP contribution < -0.4 is 10.1 Å². The number of carbonyl (C=O) groups is 6. The van der Waals surface area contributed by atoms with E-state index >= 15 is 0 Å². The van der Waals surface area contributed by atoms with Crippen molar-refractivity contribution in [3.63, 3.8) is 0 Å². The largest absolute Gasteiger partial charge is 0.483 e. The molecular weight excluding hydrogens is 590 g/mol. The molecule has 3 N–H and O–H groups in total. The number of piperazine rings is 1. The van der Waals surface area contributed by atoms with Crippen LogP contribution >= 0.6 is 0 Å². The lowest BCUT2D eigenvalue weighted by molar-refractivity contribution is -0.142. The number of amides is 4. The molecule has 1 aromatic heterocycles. The molecule has 4 rings (SSSR count). The zero-order valence-electron chi connectivity index (χ0n) is 25.2. The molecule has 45 heavy (non-hydrogen) atoms. The van der Waals surface area contributed by atoms with E-state index in [0.717, 1.165) is 5.56 Å². The molecule has 242 valence electrons. The van der Waals surface area contributed by atoms with Gasteiger partial charge in [-0.15, -0.1) is 0 Å². The van der Waals surface area contributed by atoms with Gasteiger partial charge < -0.3 is 39.7 Å². The first kappa shape index (κ1) is 33.0. The first-order valence-corrected chi connectivity index (χ1v) is 14.7. The molecule has 0 saturated carbocycles. The van der Waals surface area contributed by atoms with Gasteiger partial charge >= 0.3 is 18.0 Å². The monoisotopic (exact) mass is 627 g/mol. The van der Waals surface area contributed by atoms with Crippen molar-refractivity contribution < 1.29 is 48.5 Å². The van der Waals surface area contributed by atoms with E-state index in [1.807, 2.05) is 13.0 Å². The van der Waals surface area contributed by atoms with Gasteiger partial charge in [-0.3, -0.25) is 24.0 Å². The number of fused-ring (bicyclic) bond motifs is 1. The zero-order chi connectivity index (χ0) is 32.7. The average Bonchev–Trinajstić information content (AvgIpc) is 3.52. The Morgan fingerprint density at radius 1 is 1.00 bits per heavy atom. The molecule has 2 aliphatic heterocycles. The molecule has 15 nitrogen and oxygen atoms in total. The Kier molecular flexibility index (Phi) is 10.8. The van der Waals surface area contributed by atoms with E-state index in [9.17, 15) is 39.0 Å². The maximum Gasteiger partial charge on any atom is 0.409 e. The van der Waals surface area contributed by atoms with Crippen molar-refractivity contribution in [1.29, 1.82) is 0 Å². The van der Waals surface area contributed by atoms with Crippen molar-refractivity contribution in [2.75, 3.05) is 52.5 Å². The summed E-state index contributed by atoms with van der Waals surface area (Å²) in [4.78, 5) is 83.2. The van der Waals surface area contributed by atoms with Gasteiger partial charge in [-0.2, -0.15) is 0 Å². The maximum atomic E-state index is 13.5. The summed E-state index contributed by atoms with van der Waals surface area (Å²) in [5, 5.41) is 21.7. The van der Waals surface area contributed by atoms with Gasteiger partial charge in [0.25, 0.3) is 11.8 Å². The number of aromatic nitrogens is 1. The van der Waals surface area contributed by atoms with Crippen LogP contribution in [0.5, 0.6) is 5.75 Å².